The van der Waals surface area contributed by atoms with Gasteiger partial charge in [0.25, 0.3) is 0 Å². The van der Waals surface area contributed by atoms with Crippen molar-refractivity contribution >= 4 is 0 Å². The van der Waals surface area contributed by atoms with E-state index in [1.165, 1.54) is 5.56 Å². The van der Waals surface area contributed by atoms with Gasteiger partial charge >= 0.3 is 0 Å². The molecule has 1 heterocycles. The van der Waals surface area contributed by atoms with Gasteiger partial charge in [-0.15, -0.1) is 0 Å². The summed E-state index contributed by atoms with van der Waals surface area (Å²) < 4.78 is 1.99. The normalized spacial score (nSPS) is 14.1. The molecule has 0 spiro atoms. The molecule has 0 radical (unpaired) electrons. The Labute approximate surface area is 117 Å². The fourth-order valence-corrected chi connectivity index (χ4v) is 1.94. The minimum Gasteiger partial charge on any atom is -0.396 e. The summed E-state index contributed by atoms with van der Waals surface area (Å²) in [6.45, 7) is 11.9. The molecule has 1 atom stereocenters. The smallest absolute Gasteiger partial charge is 0.0537 e. The second-order valence-electron chi connectivity index (χ2n) is 6.45. The molecular formula is C15H29N3O. The lowest BCUT2D eigenvalue weighted by molar-refractivity contribution is 0.147. The molecule has 110 valence electrons. The summed E-state index contributed by atoms with van der Waals surface area (Å²) in [4.78, 5) is 0. The van der Waals surface area contributed by atoms with Gasteiger partial charge in [0.15, 0.2) is 0 Å². The third kappa shape index (κ3) is 5.33. The zero-order valence-electron chi connectivity index (χ0n) is 13.0. The first kappa shape index (κ1) is 16.2. The summed E-state index contributed by atoms with van der Waals surface area (Å²) >= 11 is 0. The number of hydrogen-bond acceptors (Lipinski definition) is 3. The van der Waals surface area contributed by atoms with Crippen molar-refractivity contribution in [3.05, 3.63) is 18.0 Å². The average molecular weight is 267 g/mol. The molecule has 1 unspecified atom stereocenters. The molecule has 0 fully saturated rings. The van der Waals surface area contributed by atoms with Crippen molar-refractivity contribution in [1.29, 1.82) is 0 Å². The molecule has 1 aromatic heterocycles. The molecule has 0 amide bonds. The number of rotatable bonds is 8. The van der Waals surface area contributed by atoms with Crippen molar-refractivity contribution < 1.29 is 5.11 Å². The van der Waals surface area contributed by atoms with Crippen molar-refractivity contribution in [3.8, 4) is 0 Å². The Bertz CT molecular complexity index is 371. The van der Waals surface area contributed by atoms with Crippen molar-refractivity contribution in [2.45, 2.75) is 59.5 Å². The van der Waals surface area contributed by atoms with Gasteiger partial charge in [0, 0.05) is 30.5 Å². The van der Waals surface area contributed by atoms with Gasteiger partial charge in [0.05, 0.1) is 6.20 Å². The van der Waals surface area contributed by atoms with Crippen LogP contribution in [0.3, 0.4) is 0 Å². The van der Waals surface area contributed by atoms with Gasteiger partial charge in [-0.05, 0) is 45.6 Å². The Morgan fingerprint density at radius 3 is 2.58 bits per heavy atom. The first-order valence-corrected chi connectivity index (χ1v) is 7.24. The Hall–Kier alpha value is -0.870. The number of aliphatic hydroxyl groups excluding tert-OH is 1. The van der Waals surface area contributed by atoms with Crippen LogP contribution in [-0.2, 0) is 0 Å². The third-order valence-corrected chi connectivity index (χ3v) is 3.56. The standard InChI is InChI=1S/C15H29N3O/c1-12(2)18-10-14(9-17-18)13(3)16-8-6-7-15(4,5)11-19/h9-10,12-13,16,19H,6-8,11H2,1-5H3. The minimum atomic E-state index is 0.0352. The summed E-state index contributed by atoms with van der Waals surface area (Å²) in [7, 11) is 0. The molecule has 2 N–H and O–H groups in total. The maximum Gasteiger partial charge on any atom is 0.0537 e. The highest BCUT2D eigenvalue weighted by molar-refractivity contribution is 5.09. The third-order valence-electron chi connectivity index (χ3n) is 3.56. The van der Waals surface area contributed by atoms with Crippen LogP contribution in [0, 0.1) is 5.41 Å². The minimum absolute atomic E-state index is 0.0352. The second kappa shape index (κ2) is 7.06. The highest BCUT2D eigenvalue weighted by Gasteiger charge is 2.16. The molecule has 19 heavy (non-hydrogen) atoms. The summed E-state index contributed by atoms with van der Waals surface area (Å²) in [6, 6.07) is 0.732. The lowest BCUT2D eigenvalue weighted by Crippen LogP contribution is -2.23. The van der Waals surface area contributed by atoms with E-state index in [0.717, 1.165) is 19.4 Å². The van der Waals surface area contributed by atoms with E-state index in [9.17, 15) is 5.11 Å². The number of aromatic nitrogens is 2. The number of nitrogens with one attached hydrogen (secondary N) is 1. The predicted octanol–water partition coefficient (Wildman–Crippen LogP) is 2.91. The van der Waals surface area contributed by atoms with Gasteiger partial charge < -0.3 is 10.4 Å². The number of hydrogen-bond donors (Lipinski definition) is 2. The van der Waals surface area contributed by atoms with Gasteiger partial charge in [-0.1, -0.05) is 13.8 Å². The van der Waals surface area contributed by atoms with Crippen molar-refractivity contribution in [1.82, 2.24) is 15.1 Å². The van der Waals surface area contributed by atoms with Crippen molar-refractivity contribution in [3.63, 3.8) is 0 Å². The molecule has 0 bridgehead atoms. The van der Waals surface area contributed by atoms with Crippen LogP contribution in [0.2, 0.25) is 0 Å². The molecule has 0 saturated heterocycles. The number of aliphatic hydroxyl groups is 1. The van der Waals surface area contributed by atoms with E-state index >= 15 is 0 Å². The van der Waals surface area contributed by atoms with E-state index < -0.39 is 0 Å². The maximum absolute atomic E-state index is 9.20. The molecule has 0 saturated carbocycles. The highest BCUT2D eigenvalue weighted by atomic mass is 16.3. The lowest BCUT2D eigenvalue weighted by atomic mass is 9.89. The van der Waals surface area contributed by atoms with E-state index in [1.807, 2.05) is 10.9 Å². The Kier molecular flexibility index (Phi) is 6.01. The summed E-state index contributed by atoms with van der Waals surface area (Å²) in [5.41, 5.74) is 1.27. The molecular weight excluding hydrogens is 238 g/mol. The van der Waals surface area contributed by atoms with Gasteiger partial charge in [0.2, 0.25) is 0 Å². The Morgan fingerprint density at radius 2 is 2.05 bits per heavy atom. The van der Waals surface area contributed by atoms with Crippen LogP contribution in [0.25, 0.3) is 0 Å². The first-order chi connectivity index (χ1) is 8.85. The molecule has 0 aromatic carbocycles. The average Bonchev–Trinajstić information content (AvgIpc) is 2.84. The van der Waals surface area contributed by atoms with Crippen LogP contribution in [0.5, 0.6) is 0 Å². The predicted molar refractivity (Wildman–Crippen MR) is 79.1 cm³/mol. The zero-order valence-corrected chi connectivity index (χ0v) is 13.0. The molecule has 0 aliphatic heterocycles. The molecule has 4 heteroatoms. The van der Waals surface area contributed by atoms with E-state index in [2.05, 4.69) is 51.2 Å². The van der Waals surface area contributed by atoms with E-state index in [0.29, 0.717) is 12.1 Å². The van der Waals surface area contributed by atoms with Crippen molar-refractivity contribution in [2.24, 2.45) is 5.41 Å². The van der Waals surface area contributed by atoms with Gasteiger partial charge in [0.1, 0.15) is 0 Å². The topological polar surface area (TPSA) is 50.1 Å². The fourth-order valence-electron chi connectivity index (χ4n) is 1.94. The summed E-state index contributed by atoms with van der Waals surface area (Å²) in [6.07, 6.45) is 6.17. The highest BCUT2D eigenvalue weighted by Crippen LogP contribution is 2.21. The quantitative estimate of drug-likeness (QED) is 0.712. The Balaban J connectivity index is 2.33. The van der Waals surface area contributed by atoms with Crippen molar-refractivity contribution in [2.75, 3.05) is 13.2 Å². The first-order valence-electron chi connectivity index (χ1n) is 7.24. The Morgan fingerprint density at radius 1 is 1.37 bits per heavy atom. The largest absolute Gasteiger partial charge is 0.396 e. The molecule has 0 aliphatic carbocycles. The lowest BCUT2D eigenvalue weighted by Gasteiger charge is -2.21. The van der Waals surface area contributed by atoms with Gasteiger partial charge in [-0.3, -0.25) is 4.68 Å². The summed E-state index contributed by atoms with van der Waals surface area (Å²) in [5, 5.41) is 17.1. The zero-order chi connectivity index (χ0) is 14.5. The van der Waals surface area contributed by atoms with Crippen LogP contribution in [0.1, 0.15) is 65.1 Å². The second-order valence-corrected chi connectivity index (χ2v) is 6.45. The maximum atomic E-state index is 9.20. The van der Waals surface area contributed by atoms with Crippen LogP contribution in [-0.4, -0.2) is 28.0 Å². The summed E-state index contributed by atoms with van der Waals surface area (Å²) in [5.74, 6) is 0. The van der Waals surface area contributed by atoms with E-state index in [-0.39, 0.29) is 12.0 Å². The van der Waals surface area contributed by atoms with Gasteiger partial charge in [-0.2, -0.15) is 5.10 Å². The molecule has 0 aliphatic rings. The van der Waals surface area contributed by atoms with E-state index in [1.54, 1.807) is 0 Å². The molecule has 1 rings (SSSR count). The molecule has 4 nitrogen and oxygen atoms in total. The monoisotopic (exact) mass is 267 g/mol. The van der Waals surface area contributed by atoms with Crippen LogP contribution < -0.4 is 5.32 Å². The SMILES string of the molecule is CC(NCCCC(C)(C)CO)c1cnn(C(C)C)c1. The molecule has 1 aromatic rings. The van der Waals surface area contributed by atoms with Gasteiger partial charge in [-0.25, -0.2) is 0 Å². The van der Waals surface area contributed by atoms with Crippen LogP contribution in [0.15, 0.2) is 12.4 Å². The van der Waals surface area contributed by atoms with Crippen LogP contribution in [0.4, 0.5) is 0 Å². The fraction of sp³-hybridized carbons (Fsp3) is 0.800. The van der Waals surface area contributed by atoms with Crippen LogP contribution >= 0.6 is 0 Å². The van der Waals surface area contributed by atoms with E-state index in [4.69, 9.17) is 0 Å². The number of nitrogens with zero attached hydrogens (tertiary/aromatic N) is 2.